The van der Waals surface area contributed by atoms with E-state index in [1.807, 2.05) is 12.1 Å². The molecule has 0 bridgehead atoms. The third-order valence-electron chi connectivity index (χ3n) is 4.13. The van der Waals surface area contributed by atoms with E-state index < -0.39 is 0 Å². The van der Waals surface area contributed by atoms with Crippen molar-refractivity contribution in [3.8, 4) is 0 Å². The van der Waals surface area contributed by atoms with Crippen molar-refractivity contribution in [3.63, 3.8) is 0 Å². The van der Waals surface area contributed by atoms with Crippen LogP contribution >= 0.6 is 0 Å². The van der Waals surface area contributed by atoms with Gasteiger partial charge in [-0.05, 0) is 49.4 Å². The molecule has 0 aromatic carbocycles. The molecule has 1 saturated carbocycles. The second-order valence-corrected chi connectivity index (χ2v) is 5.80. The van der Waals surface area contributed by atoms with Crippen LogP contribution in [-0.2, 0) is 6.54 Å². The summed E-state index contributed by atoms with van der Waals surface area (Å²) in [6.07, 6.45) is 7.42. The van der Waals surface area contributed by atoms with Gasteiger partial charge >= 0.3 is 6.03 Å². The molecule has 1 saturated heterocycles. The molecule has 5 heteroatoms. The highest BCUT2D eigenvalue weighted by Gasteiger charge is 2.34. The summed E-state index contributed by atoms with van der Waals surface area (Å²) >= 11 is 0. The Labute approximate surface area is 119 Å². The van der Waals surface area contributed by atoms with Crippen molar-refractivity contribution in [1.82, 2.24) is 20.5 Å². The molecule has 1 unspecified atom stereocenters. The summed E-state index contributed by atoms with van der Waals surface area (Å²) < 4.78 is 0. The molecule has 2 aliphatic rings. The molecule has 0 radical (unpaired) electrons. The number of hydrogen-bond donors (Lipinski definition) is 2. The van der Waals surface area contributed by atoms with Gasteiger partial charge in [-0.1, -0.05) is 0 Å². The number of hydrogen-bond acceptors (Lipinski definition) is 3. The molecule has 3 rings (SSSR count). The number of aromatic nitrogens is 1. The lowest BCUT2D eigenvalue weighted by Crippen LogP contribution is -2.38. The molecule has 1 aliphatic carbocycles. The SMILES string of the molecule is O=C(NCc1ccncc1)NCC1CCN(C2CC2)C1. The Morgan fingerprint density at radius 2 is 2.05 bits per heavy atom. The third-order valence-corrected chi connectivity index (χ3v) is 4.13. The summed E-state index contributed by atoms with van der Waals surface area (Å²) in [5.74, 6) is 0.613. The third kappa shape index (κ3) is 3.70. The normalized spacial score (nSPS) is 22.7. The van der Waals surface area contributed by atoms with E-state index >= 15 is 0 Å². The first kappa shape index (κ1) is 13.4. The fourth-order valence-electron chi connectivity index (χ4n) is 2.78. The first-order valence-electron chi connectivity index (χ1n) is 7.46. The number of pyridine rings is 1. The maximum absolute atomic E-state index is 11.7. The van der Waals surface area contributed by atoms with Gasteiger partial charge < -0.3 is 15.5 Å². The minimum atomic E-state index is -0.0771. The van der Waals surface area contributed by atoms with Crippen molar-refractivity contribution in [3.05, 3.63) is 30.1 Å². The van der Waals surface area contributed by atoms with Crippen LogP contribution in [-0.4, -0.2) is 41.6 Å². The Kier molecular flexibility index (Phi) is 4.16. The lowest BCUT2D eigenvalue weighted by Gasteiger charge is -2.15. The van der Waals surface area contributed by atoms with E-state index in [0.717, 1.165) is 24.7 Å². The summed E-state index contributed by atoms with van der Waals surface area (Å²) in [5.41, 5.74) is 1.07. The number of rotatable bonds is 5. The number of nitrogens with zero attached hydrogens (tertiary/aromatic N) is 2. The Bertz CT molecular complexity index is 446. The van der Waals surface area contributed by atoms with Gasteiger partial charge in [-0.3, -0.25) is 4.98 Å². The quantitative estimate of drug-likeness (QED) is 0.852. The van der Waals surface area contributed by atoms with E-state index in [1.165, 1.54) is 25.8 Å². The summed E-state index contributed by atoms with van der Waals surface area (Å²) in [6, 6.07) is 4.59. The van der Waals surface area contributed by atoms with Gasteiger partial charge in [0.25, 0.3) is 0 Å². The lowest BCUT2D eigenvalue weighted by atomic mass is 10.1. The van der Waals surface area contributed by atoms with Crippen LogP contribution in [0.15, 0.2) is 24.5 Å². The number of nitrogens with one attached hydrogen (secondary N) is 2. The molecule has 2 fully saturated rings. The fourth-order valence-corrected chi connectivity index (χ4v) is 2.78. The summed E-state index contributed by atoms with van der Waals surface area (Å²) in [7, 11) is 0. The number of urea groups is 1. The van der Waals surface area contributed by atoms with E-state index in [9.17, 15) is 4.79 Å². The van der Waals surface area contributed by atoms with Crippen molar-refractivity contribution >= 4 is 6.03 Å². The molecule has 0 spiro atoms. The van der Waals surface area contributed by atoms with E-state index in [1.54, 1.807) is 12.4 Å². The summed E-state index contributed by atoms with van der Waals surface area (Å²) in [4.78, 5) is 18.3. The Morgan fingerprint density at radius 1 is 1.25 bits per heavy atom. The second-order valence-electron chi connectivity index (χ2n) is 5.80. The zero-order valence-corrected chi connectivity index (χ0v) is 11.7. The van der Waals surface area contributed by atoms with Gasteiger partial charge in [0, 0.05) is 38.1 Å². The number of carbonyl (C=O) groups is 1. The molecule has 2 N–H and O–H groups in total. The molecule has 20 heavy (non-hydrogen) atoms. The highest BCUT2D eigenvalue weighted by molar-refractivity contribution is 5.73. The van der Waals surface area contributed by atoms with E-state index in [0.29, 0.717) is 12.5 Å². The molecule has 108 valence electrons. The van der Waals surface area contributed by atoms with Crippen LogP contribution < -0.4 is 10.6 Å². The standard InChI is InChI=1S/C15H22N4O/c20-15(17-9-12-3-6-16-7-4-12)18-10-13-5-8-19(11-13)14-1-2-14/h3-4,6-7,13-14H,1-2,5,8-11H2,(H2,17,18,20). The average molecular weight is 274 g/mol. The fraction of sp³-hybridized carbons (Fsp3) is 0.600. The van der Waals surface area contributed by atoms with Gasteiger partial charge in [0.05, 0.1) is 0 Å². The van der Waals surface area contributed by atoms with Gasteiger partial charge in [-0.15, -0.1) is 0 Å². The van der Waals surface area contributed by atoms with Crippen molar-refractivity contribution in [2.45, 2.75) is 31.8 Å². The number of carbonyl (C=O) groups excluding carboxylic acids is 1. The average Bonchev–Trinajstić information content (AvgIpc) is 3.23. The van der Waals surface area contributed by atoms with Crippen molar-refractivity contribution in [2.24, 2.45) is 5.92 Å². The van der Waals surface area contributed by atoms with Crippen LogP contribution in [0.1, 0.15) is 24.8 Å². The van der Waals surface area contributed by atoms with Gasteiger partial charge in [0.15, 0.2) is 0 Å². The Hall–Kier alpha value is -1.62. The predicted molar refractivity (Wildman–Crippen MR) is 77.2 cm³/mol. The first-order chi connectivity index (χ1) is 9.81. The second kappa shape index (κ2) is 6.22. The van der Waals surface area contributed by atoms with Gasteiger partial charge in [-0.25, -0.2) is 4.79 Å². The monoisotopic (exact) mass is 274 g/mol. The maximum atomic E-state index is 11.7. The molecule has 5 nitrogen and oxygen atoms in total. The molecule has 2 amide bonds. The summed E-state index contributed by atoms with van der Waals surface area (Å²) in [5, 5.41) is 5.86. The number of amides is 2. The lowest BCUT2D eigenvalue weighted by molar-refractivity contribution is 0.238. The van der Waals surface area contributed by atoms with Gasteiger partial charge in [-0.2, -0.15) is 0 Å². The predicted octanol–water partition coefficient (Wildman–Crippen LogP) is 1.37. The molecule has 1 aromatic rings. The largest absolute Gasteiger partial charge is 0.338 e. The van der Waals surface area contributed by atoms with Crippen LogP contribution in [0.3, 0.4) is 0 Å². The highest BCUT2D eigenvalue weighted by atomic mass is 16.2. The zero-order valence-electron chi connectivity index (χ0n) is 11.7. The van der Waals surface area contributed by atoms with Crippen LogP contribution in [0.4, 0.5) is 4.79 Å². The molecule has 1 aliphatic heterocycles. The van der Waals surface area contributed by atoms with Crippen LogP contribution in [0.2, 0.25) is 0 Å². The minimum absolute atomic E-state index is 0.0771. The molecule has 2 heterocycles. The van der Waals surface area contributed by atoms with Crippen LogP contribution in [0, 0.1) is 5.92 Å². The van der Waals surface area contributed by atoms with E-state index in [-0.39, 0.29) is 6.03 Å². The summed E-state index contributed by atoms with van der Waals surface area (Å²) in [6.45, 7) is 3.68. The minimum Gasteiger partial charge on any atom is -0.338 e. The van der Waals surface area contributed by atoms with Crippen LogP contribution in [0.5, 0.6) is 0 Å². The van der Waals surface area contributed by atoms with Crippen molar-refractivity contribution < 1.29 is 4.79 Å². The van der Waals surface area contributed by atoms with Crippen molar-refractivity contribution in [2.75, 3.05) is 19.6 Å². The topological polar surface area (TPSA) is 57.3 Å². The smallest absolute Gasteiger partial charge is 0.315 e. The molecular formula is C15H22N4O. The number of likely N-dealkylation sites (tertiary alicyclic amines) is 1. The Morgan fingerprint density at radius 3 is 2.80 bits per heavy atom. The van der Waals surface area contributed by atoms with Gasteiger partial charge in [0.1, 0.15) is 0 Å². The first-order valence-corrected chi connectivity index (χ1v) is 7.46. The highest BCUT2D eigenvalue weighted by Crippen LogP contribution is 2.31. The molecule has 1 atom stereocenters. The van der Waals surface area contributed by atoms with Crippen LogP contribution in [0.25, 0.3) is 0 Å². The van der Waals surface area contributed by atoms with E-state index in [4.69, 9.17) is 0 Å². The Balaban J connectivity index is 1.33. The van der Waals surface area contributed by atoms with Gasteiger partial charge in [0.2, 0.25) is 0 Å². The van der Waals surface area contributed by atoms with Crippen molar-refractivity contribution in [1.29, 1.82) is 0 Å². The molecular weight excluding hydrogens is 252 g/mol. The van der Waals surface area contributed by atoms with E-state index in [2.05, 4.69) is 20.5 Å². The molecule has 1 aromatic heterocycles. The maximum Gasteiger partial charge on any atom is 0.315 e. The zero-order chi connectivity index (χ0) is 13.8.